The molecule has 0 spiro atoms. The van der Waals surface area contributed by atoms with Crippen molar-refractivity contribution in [3.05, 3.63) is 24.3 Å². The molecule has 3 N–H and O–H groups in total. The second-order valence-corrected chi connectivity index (χ2v) is 21.7. The number of hydrogen-bond acceptors (Lipinski definition) is 5. The SMILES string of the molecule is CCCCC/C=C\CCCCCCCC(=O)OCCCCCCCCCCCCCCCCCCCCCCCCCCCCC(=O)NC(CO)C(O)/C=C/CCCCCCCCCCCCCCC. The quantitative estimate of drug-likeness (QED) is 0.0321. The van der Waals surface area contributed by atoms with Crippen LogP contribution in [0.3, 0.4) is 0 Å². The molecule has 6 heteroatoms. The Labute approximate surface area is 437 Å². The minimum absolute atomic E-state index is 0.00695. The van der Waals surface area contributed by atoms with E-state index in [1.165, 1.54) is 276 Å². The molecule has 0 aromatic rings. The number of rotatable bonds is 59. The first-order valence-electron chi connectivity index (χ1n) is 31.6. The summed E-state index contributed by atoms with van der Waals surface area (Å²) in [5, 5.41) is 23.1. The number of aliphatic hydroxyl groups excluding tert-OH is 2. The third kappa shape index (κ3) is 55.7. The molecule has 0 saturated heterocycles. The first-order chi connectivity index (χ1) is 34.5. The highest BCUT2D eigenvalue weighted by molar-refractivity contribution is 5.76. The van der Waals surface area contributed by atoms with Crippen molar-refractivity contribution in [2.45, 2.75) is 360 Å². The van der Waals surface area contributed by atoms with Gasteiger partial charge in [-0.1, -0.05) is 301 Å². The highest BCUT2D eigenvalue weighted by Crippen LogP contribution is 2.18. The van der Waals surface area contributed by atoms with E-state index in [1.807, 2.05) is 6.08 Å². The molecule has 0 aliphatic rings. The molecule has 0 saturated carbocycles. The van der Waals surface area contributed by atoms with Crippen LogP contribution in [0, 0.1) is 0 Å². The molecule has 70 heavy (non-hydrogen) atoms. The van der Waals surface area contributed by atoms with E-state index in [9.17, 15) is 19.8 Å². The molecule has 0 radical (unpaired) electrons. The van der Waals surface area contributed by atoms with Crippen molar-refractivity contribution >= 4 is 11.9 Å². The van der Waals surface area contributed by atoms with E-state index >= 15 is 0 Å². The van der Waals surface area contributed by atoms with Crippen molar-refractivity contribution in [1.29, 1.82) is 0 Å². The molecule has 2 atom stereocenters. The zero-order valence-electron chi connectivity index (χ0n) is 47.3. The number of allylic oxidation sites excluding steroid dienone is 3. The molecule has 0 aliphatic carbocycles. The van der Waals surface area contributed by atoms with E-state index in [4.69, 9.17) is 4.74 Å². The average Bonchev–Trinajstić information content (AvgIpc) is 3.36. The second-order valence-electron chi connectivity index (χ2n) is 21.7. The van der Waals surface area contributed by atoms with E-state index in [2.05, 4.69) is 31.3 Å². The lowest BCUT2D eigenvalue weighted by Gasteiger charge is -2.20. The van der Waals surface area contributed by atoms with Gasteiger partial charge in [-0.15, -0.1) is 0 Å². The summed E-state index contributed by atoms with van der Waals surface area (Å²) in [5.41, 5.74) is 0. The molecule has 0 bridgehead atoms. The van der Waals surface area contributed by atoms with Crippen molar-refractivity contribution in [3.8, 4) is 0 Å². The summed E-state index contributed by atoms with van der Waals surface area (Å²) < 4.78 is 5.47. The lowest BCUT2D eigenvalue weighted by atomic mass is 10.0. The van der Waals surface area contributed by atoms with Crippen LogP contribution in [-0.4, -0.2) is 47.4 Å². The summed E-state index contributed by atoms with van der Waals surface area (Å²) in [6.45, 7) is 4.90. The molecule has 2 unspecified atom stereocenters. The number of hydrogen-bond donors (Lipinski definition) is 3. The smallest absolute Gasteiger partial charge is 0.305 e. The summed E-state index contributed by atoms with van der Waals surface area (Å²) >= 11 is 0. The van der Waals surface area contributed by atoms with Gasteiger partial charge in [0.2, 0.25) is 5.91 Å². The van der Waals surface area contributed by atoms with Gasteiger partial charge in [-0.25, -0.2) is 0 Å². The van der Waals surface area contributed by atoms with Gasteiger partial charge in [-0.2, -0.15) is 0 Å². The van der Waals surface area contributed by atoms with Crippen molar-refractivity contribution in [2.75, 3.05) is 13.2 Å². The minimum Gasteiger partial charge on any atom is -0.466 e. The van der Waals surface area contributed by atoms with Crippen LogP contribution < -0.4 is 5.32 Å². The Bertz CT molecular complexity index is 1090. The third-order valence-electron chi connectivity index (χ3n) is 14.7. The number of esters is 1. The number of carbonyl (C=O) groups excluding carboxylic acids is 2. The molecule has 0 aromatic carbocycles. The first-order valence-corrected chi connectivity index (χ1v) is 31.6. The molecular weight excluding hydrogens is 863 g/mol. The minimum atomic E-state index is -0.842. The lowest BCUT2D eigenvalue weighted by Crippen LogP contribution is -2.45. The maximum atomic E-state index is 12.5. The molecule has 0 aromatic heterocycles. The predicted molar refractivity (Wildman–Crippen MR) is 306 cm³/mol. The number of ether oxygens (including phenoxy) is 1. The Morgan fingerprint density at radius 1 is 0.386 bits per heavy atom. The van der Waals surface area contributed by atoms with Gasteiger partial charge in [0, 0.05) is 12.8 Å². The molecular formula is C64H123NO5. The molecule has 6 nitrogen and oxygen atoms in total. The van der Waals surface area contributed by atoms with E-state index in [0.29, 0.717) is 19.4 Å². The van der Waals surface area contributed by atoms with E-state index < -0.39 is 12.1 Å². The molecule has 0 heterocycles. The van der Waals surface area contributed by atoms with Crippen molar-refractivity contribution < 1.29 is 24.5 Å². The van der Waals surface area contributed by atoms with Gasteiger partial charge in [0.15, 0.2) is 0 Å². The Hall–Kier alpha value is -1.66. The fourth-order valence-electron chi connectivity index (χ4n) is 9.87. The molecule has 0 aliphatic heterocycles. The van der Waals surface area contributed by atoms with Crippen LogP contribution in [0.1, 0.15) is 348 Å². The fourth-order valence-corrected chi connectivity index (χ4v) is 9.87. The van der Waals surface area contributed by atoms with Crippen LogP contribution >= 0.6 is 0 Å². The number of carbonyl (C=O) groups is 2. The van der Waals surface area contributed by atoms with Gasteiger partial charge in [0.1, 0.15) is 0 Å². The largest absolute Gasteiger partial charge is 0.466 e. The maximum Gasteiger partial charge on any atom is 0.305 e. The van der Waals surface area contributed by atoms with E-state index in [1.54, 1.807) is 6.08 Å². The van der Waals surface area contributed by atoms with Crippen LogP contribution in [0.15, 0.2) is 24.3 Å². The summed E-state index contributed by atoms with van der Waals surface area (Å²) in [6, 6.07) is -0.625. The highest BCUT2D eigenvalue weighted by Gasteiger charge is 2.18. The van der Waals surface area contributed by atoms with Gasteiger partial charge in [0.05, 0.1) is 25.4 Å². The van der Waals surface area contributed by atoms with Crippen molar-refractivity contribution in [2.24, 2.45) is 0 Å². The normalized spacial score (nSPS) is 12.7. The van der Waals surface area contributed by atoms with Gasteiger partial charge in [-0.3, -0.25) is 9.59 Å². The van der Waals surface area contributed by atoms with Crippen molar-refractivity contribution in [1.82, 2.24) is 5.32 Å². The predicted octanol–water partition coefficient (Wildman–Crippen LogP) is 19.8. The fraction of sp³-hybridized carbons (Fsp3) is 0.906. The van der Waals surface area contributed by atoms with E-state index in [-0.39, 0.29) is 18.5 Å². The number of aliphatic hydroxyl groups is 2. The zero-order chi connectivity index (χ0) is 50.7. The Kier molecular flexibility index (Phi) is 58.5. The molecule has 0 rings (SSSR count). The lowest BCUT2D eigenvalue weighted by molar-refractivity contribution is -0.143. The topological polar surface area (TPSA) is 95.9 Å². The Morgan fingerprint density at radius 3 is 1.04 bits per heavy atom. The summed E-state index contributed by atoms with van der Waals surface area (Å²) in [7, 11) is 0. The molecule has 1 amide bonds. The van der Waals surface area contributed by atoms with Gasteiger partial charge in [0.25, 0.3) is 0 Å². The number of amides is 1. The van der Waals surface area contributed by atoms with Gasteiger partial charge < -0.3 is 20.3 Å². The Balaban J connectivity index is 3.37. The third-order valence-corrected chi connectivity index (χ3v) is 14.7. The van der Waals surface area contributed by atoms with Crippen LogP contribution in [0.25, 0.3) is 0 Å². The van der Waals surface area contributed by atoms with Crippen molar-refractivity contribution in [3.63, 3.8) is 0 Å². The maximum absolute atomic E-state index is 12.5. The van der Waals surface area contributed by atoms with Crippen LogP contribution in [0.2, 0.25) is 0 Å². The average molecular weight is 987 g/mol. The van der Waals surface area contributed by atoms with Crippen LogP contribution in [0.5, 0.6) is 0 Å². The zero-order valence-corrected chi connectivity index (χ0v) is 47.3. The monoisotopic (exact) mass is 986 g/mol. The number of nitrogens with one attached hydrogen (secondary N) is 1. The Morgan fingerprint density at radius 2 is 0.671 bits per heavy atom. The number of unbranched alkanes of at least 4 members (excludes halogenated alkanes) is 46. The second kappa shape index (κ2) is 59.9. The molecule has 0 fully saturated rings. The van der Waals surface area contributed by atoms with Gasteiger partial charge in [-0.05, 0) is 57.8 Å². The van der Waals surface area contributed by atoms with E-state index in [0.717, 1.165) is 44.9 Å². The first kappa shape index (κ1) is 68.3. The van der Waals surface area contributed by atoms with Gasteiger partial charge >= 0.3 is 5.97 Å². The summed E-state index contributed by atoms with van der Waals surface area (Å²) in [6.07, 6.45) is 73.7. The summed E-state index contributed by atoms with van der Waals surface area (Å²) in [5.74, 6) is -0.0570. The molecule has 414 valence electrons. The highest BCUT2D eigenvalue weighted by atomic mass is 16.5. The summed E-state index contributed by atoms with van der Waals surface area (Å²) in [4.78, 5) is 24.5. The standard InChI is InChI=1S/C64H123NO5/c1-3-5-7-9-11-13-15-17-30-33-36-40-44-48-52-56-62(67)61(60-66)65-63(68)57-53-49-45-41-37-34-31-28-26-24-22-20-18-19-21-23-25-27-29-32-35-39-43-47-51-55-59-70-64(69)58-54-50-46-42-38-16-14-12-10-8-6-4-2/h12,14,52,56,61-62,66-67H,3-11,13,15-51,53-55,57-60H2,1-2H3,(H,65,68)/b14-12-,56-52+. The van der Waals surface area contributed by atoms with Crippen LogP contribution in [0.4, 0.5) is 0 Å². The van der Waals surface area contributed by atoms with Crippen LogP contribution in [-0.2, 0) is 14.3 Å².